The molecule has 0 atom stereocenters. The molecule has 0 saturated heterocycles. The molecule has 0 aliphatic heterocycles. The van der Waals surface area contributed by atoms with Gasteiger partial charge in [0.05, 0.1) is 24.9 Å². The molecule has 0 heterocycles. The van der Waals surface area contributed by atoms with Crippen molar-refractivity contribution >= 4 is 17.3 Å². The van der Waals surface area contributed by atoms with E-state index in [1.165, 1.54) is 38.5 Å². The fourth-order valence-corrected chi connectivity index (χ4v) is 3.06. The molecule has 0 bridgehead atoms. The maximum absolute atomic E-state index is 6.19. The van der Waals surface area contributed by atoms with Gasteiger partial charge in [0, 0.05) is 12.6 Å². The van der Waals surface area contributed by atoms with E-state index in [-0.39, 0.29) is 0 Å². The number of methoxy groups -OCH3 is 2. The maximum atomic E-state index is 6.19. The number of benzene rings is 1. The summed E-state index contributed by atoms with van der Waals surface area (Å²) in [4.78, 5) is 0. The molecule has 2 rings (SSSR count). The van der Waals surface area contributed by atoms with Crippen molar-refractivity contribution in [3.05, 3.63) is 17.2 Å². The predicted octanol–water partition coefficient (Wildman–Crippen LogP) is 4.74. The van der Waals surface area contributed by atoms with E-state index < -0.39 is 0 Å². The average Bonchev–Trinajstić information content (AvgIpc) is 2.73. The predicted molar refractivity (Wildman–Crippen MR) is 84.2 cm³/mol. The number of ether oxygens (including phenoxy) is 2. The Hall–Kier alpha value is -1.09. The van der Waals surface area contributed by atoms with E-state index in [0.29, 0.717) is 10.8 Å². The van der Waals surface area contributed by atoms with Crippen LogP contribution in [0.4, 0.5) is 5.69 Å². The Kier molecular flexibility index (Phi) is 5.84. The molecular formula is C16H24ClNO2. The summed E-state index contributed by atoms with van der Waals surface area (Å²) < 4.78 is 10.6. The summed E-state index contributed by atoms with van der Waals surface area (Å²) in [5.74, 6) is 2.17. The largest absolute Gasteiger partial charge is 0.495 e. The van der Waals surface area contributed by atoms with Crippen molar-refractivity contribution in [2.75, 3.05) is 26.1 Å². The Morgan fingerprint density at radius 1 is 1.05 bits per heavy atom. The van der Waals surface area contributed by atoms with E-state index in [0.717, 1.165) is 23.9 Å². The standard InChI is InChI=1S/C16H24ClNO2/c1-19-15-10-16(20-2)14(9-13(15)17)18-11-12-7-5-3-4-6-8-12/h9-10,12,18H,3-8,11H2,1-2H3. The molecule has 0 spiro atoms. The lowest BCUT2D eigenvalue weighted by Crippen LogP contribution is -2.14. The van der Waals surface area contributed by atoms with Crippen LogP contribution in [-0.2, 0) is 0 Å². The lowest BCUT2D eigenvalue weighted by atomic mass is 10.0. The summed E-state index contributed by atoms with van der Waals surface area (Å²) in [6.07, 6.45) is 8.11. The first-order valence-corrected chi connectivity index (χ1v) is 7.77. The molecule has 1 fully saturated rings. The molecule has 0 aromatic heterocycles. The van der Waals surface area contributed by atoms with Crippen LogP contribution < -0.4 is 14.8 Å². The highest BCUT2D eigenvalue weighted by molar-refractivity contribution is 6.32. The Labute approximate surface area is 126 Å². The highest BCUT2D eigenvalue weighted by Crippen LogP contribution is 2.36. The Morgan fingerprint density at radius 3 is 2.30 bits per heavy atom. The van der Waals surface area contributed by atoms with E-state index >= 15 is 0 Å². The van der Waals surface area contributed by atoms with Gasteiger partial charge in [-0.15, -0.1) is 0 Å². The van der Waals surface area contributed by atoms with Gasteiger partial charge in [-0.2, -0.15) is 0 Å². The first kappa shape index (κ1) is 15.3. The van der Waals surface area contributed by atoms with Crippen molar-refractivity contribution < 1.29 is 9.47 Å². The van der Waals surface area contributed by atoms with Crippen LogP contribution >= 0.6 is 11.6 Å². The first-order valence-electron chi connectivity index (χ1n) is 7.40. The molecule has 20 heavy (non-hydrogen) atoms. The number of hydrogen-bond acceptors (Lipinski definition) is 3. The Balaban J connectivity index is 2.02. The molecule has 1 aliphatic carbocycles. The van der Waals surface area contributed by atoms with Crippen LogP contribution in [0.2, 0.25) is 5.02 Å². The van der Waals surface area contributed by atoms with Gasteiger partial charge in [-0.25, -0.2) is 0 Å². The lowest BCUT2D eigenvalue weighted by Gasteiger charge is -2.18. The Bertz CT molecular complexity index is 429. The summed E-state index contributed by atoms with van der Waals surface area (Å²) in [5.41, 5.74) is 0.947. The molecule has 1 aromatic carbocycles. The van der Waals surface area contributed by atoms with Crippen LogP contribution in [0.15, 0.2) is 12.1 Å². The van der Waals surface area contributed by atoms with Gasteiger partial charge in [0.15, 0.2) is 0 Å². The van der Waals surface area contributed by atoms with Crippen molar-refractivity contribution in [3.63, 3.8) is 0 Å². The smallest absolute Gasteiger partial charge is 0.145 e. The molecule has 0 radical (unpaired) electrons. The molecular weight excluding hydrogens is 274 g/mol. The van der Waals surface area contributed by atoms with Crippen LogP contribution in [0.25, 0.3) is 0 Å². The number of nitrogens with one attached hydrogen (secondary N) is 1. The lowest BCUT2D eigenvalue weighted by molar-refractivity contribution is 0.395. The molecule has 1 aliphatic rings. The normalized spacial score (nSPS) is 16.6. The second kappa shape index (κ2) is 7.63. The van der Waals surface area contributed by atoms with Crippen LogP contribution in [0.3, 0.4) is 0 Å². The fourth-order valence-electron chi connectivity index (χ4n) is 2.82. The van der Waals surface area contributed by atoms with E-state index in [1.807, 2.05) is 12.1 Å². The number of hydrogen-bond donors (Lipinski definition) is 1. The fraction of sp³-hybridized carbons (Fsp3) is 0.625. The molecule has 1 saturated carbocycles. The van der Waals surface area contributed by atoms with Gasteiger partial charge in [-0.1, -0.05) is 37.3 Å². The van der Waals surface area contributed by atoms with Gasteiger partial charge in [0.25, 0.3) is 0 Å². The number of anilines is 1. The topological polar surface area (TPSA) is 30.5 Å². The minimum atomic E-state index is 0.608. The van der Waals surface area contributed by atoms with Gasteiger partial charge in [0.2, 0.25) is 0 Å². The van der Waals surface area contributed by atoms with Crippen LogP contribution in [-0.4, -0.2) is 20.8 Å². The summed E-state index contributed by atoms with van der Waals surface area (Å²) in [6, 6.07) is 3.72. The van der Waals surface area contributed by atoms with E-state index in [9.17, 15) is 0 Å². The maximum Gasteiger partial charge on any atom is 0.145 e. The van der Waals surface area contributed by atoms with Crippen molar-refractivity contribution in [3.8, 4) is 11.5 Å². The minimum absolute atomic E-state index is 0.608. The van der Waals surface area contributed by atoms with E-state index in [4.69, 9.17) is 21.1 Å². The third-order valence-corrected chi connectivity index (χ3v) is 4.33. The quantitative estimate of drug-likeness (QED) is 0.796. The average molecular weight is 298 g/mol. The van der Waals surface area contributed by atoms with Gasteiger partial charge in [0.1, 0.15) is 11.5 Å². The van der Waals surface area contributed by atoms with E-state index in [1.54, 1.807) is 14.2 Å². The van der Waals surface area contributed by atoms with Crippen molar-refractivity contribution in [2.45, 2.75) is 38.5 Å². The minimum Gasteiger partial charge on any atom is -0.495 e. The second-order valence-corrected chi connectivity index (χ2v) is 5.83. The molecule has 3 nitrogen and oxygen atoms in total. The summed E-state index contributed by atoms with van der Waals surface area (Å²) in [7, 11) is 3.28. The molecule has 0 amide bonds. The molecule has 0 unspecified atom stereocenters. The summed E-state index contributed by atoms with van der Waals surface area (Å²) in [6.45, 7) is 0.985. The highest BCUT2D eigenvalue weighted by Gasteiger charge is 2.14. The molecule has 1 aromatic rings. The zero-order chi connectivity index (χ0) is 14.4. The number of rotatable bonds is 5. The third kappa shape index (κ3) is 3.95. The van der Waals surface area contributed by atoms with Crippen LogP contribution in [0, 0.1) is 5.92 Å². The van der Waals surface area contributed by atoms with Crippen molar-refractivity contribution in [1.82, 2.24) is 0 Å². The SMILES string of the molecule is COc1cc(OC)c(NCC2CCCCCC2)cc1Cl. The highest BCUT2D eigenvalue weighted by atomic mass is 35.5. The molecule has 112 valence electrons. The summed E-state index contributed by atoms with van der Waals surface area (Å²) in [5, 5.41) is 4.10. The van der Waals surface area contributed by atoms with Crippen molar-refractivity contribution in [1.29, 1.82) is 0 Å². The summed E-state index contributed by atoms with van der Waals surface area (Å²) >= 11 is 6.19. The van der Waals surface area contributed by atoms with E-state index in [2.05, 4.69) is 5.32 Å². The number of halogens is 1. The second-order valence-electron chi connectivity index (χ2n) is 5.43. The van der Waals surface area contributed by atoms with Crippen molar-refractivity contribution in [2.24, 2.45) is 5.92 Å². The van der Waals surface area contributed by atoms with Gasteiger partial charge in [-0.05, 0) is 24.8 Å². The molecule has 1 N–H and O–H groups in total. The molecule has 4 heteroatoms. The zero-order valence-corrected chi connectivity index (χ0v) is 13.1. The monoisotopic (exact) mass is 297 g/mol. The van der Waals surface area contributed by atoms with Gasteiger partial charge < -0.3 is 14.8 Å². The van der Waals surface area contributed by atoms with Crippen LogP contribution in [0.1, 0.15) is 38.5 Å². The van der Waals surface area contributed by atoms with Gasteiger partial charge >= 0.3 is 0 Å². The Morgan fingerprint density at radius 2 is 1.70 bits per heavy atom. The zero-order valence-electron chi connectivity index (χ0n) is 12.4. The van der Waals surface area contributed by atoms with Gasteiger partial charge in [-0.3, -0.25) is 0 Å². The third-order valence-electron chi connectivity index (χ3n) is 4.03. The first-order chi connectivity index (χ1) is 9.74. The van der Waals surface area contributed by atoms with Crippen LogP contribution in [0.5, 0.6) is 11.5 Å².